The number of urea groups is 1. The van der Waals surface area contributed by atoms with E-state index in [0.29, 0.717) is 24.9 Å². The molecule has 0 spiro atoms. The molecule has 1 N–H and O–H groups in total. The van der Waals surface area contributed by atoms with Crippen LogP contribution in [-0.4, -0.2) is 51.7 Å². The standard InChI is InChI=1S/C15H26N4O2S/c1-11(2)14-17-13(21-18-14)5-4-7-16-15(20)19-8-10-22-9-6-12(19)3/h11-12H,4-10H2,1-3H3,(H,16,20)/t12-/m0/s1. The molecule has 22 heavy (non-hydrogen) atoms. The Morgan fingerprint density at radius 1 is 1.50 bits per heavy atom. The first kappa shape index (κ1) is 17.1. The number of nitrogens with one attached hydrogen (secondary N) is 1. The summed E-state index contributed by atoms with van der Waals surface area (Å²) in [5, 5.41) is 6.94. The summed E-state index contributed by atoms with van der Waals surface area (Å²) < 4.78 is 5.20. The number of thioether (sulfide) groups is 1. The maximum atomic E-state index is 12.2. The zero-order valence-electron chi connectivity index (χ0n) is 13.7. The number of nitrogens with zero attached hydrogens (tertiary/aromatic N) is 3. The summed E-state index contributed by atoms with van der Waals surface area (Å²) in [5.41, 5.74) is 0. The fourth-order valence-corrected chi connectivity index (χ4v) is 3.38. The van der Waals surface area contributed by atoms with Crippen molar-refractivity contribution in [3.05, 3.63) is 11.7 Å². The monoisotopic (exact) mass is 326 g/mol. The lowest BCUT2D eigenvalue weighted by atomic mass is 10.2. The van der Waals surface area contributed by atoms with E-state index in [1.54, 1.807) is 0 Å². The van der Waals surface area contributed by atoms with Gasteiger partial charge in [0.25, 0.3) is 0 Å². The first-order valence-electron chi connectivity index (χ1n) is 8.02. The normalized spacial score (nSPS) is 19.3. The van der Waals surface area contributed by atoms with Crippen LogP contribution in [0.4, 0.5) is 4.79 Å². The van der Waals surface area contributed by atoms with Gasteiger partial charge in [0.05, 0.1) is 0 Å². The Balaban J connectivity index is 1.70. The van der Waals surface area contributed by atoms with Gasteiger partial charge in [0.15, 0.2) is 5.82 Å². The molecule has 1 fully saturated rings. The van der Waals surface area contributed by atoms with Crippen LogP contribution in [0.1, 0.15) is 51.2 Å². The van der Waals surface area contributed by atoms with Crippen molar-refractivity contribution in [3.63, 3.8) is 0 Å². The summed E-state index contributed by atoms with van der Waals surface area (Å²) >= 11 is 1.92. The molecule has 0 aliphatic carbocycles. The number of hydrogen-bond acceptors (Lipinski definition) is 5. The number of carbonyl (C=O) groups excluding carboxylic acids is 1. The third-order valence-corrected chi connectivity index (χ3v) is 4.79. The summed E-state index contributed by atoms with van der Waals surface area (Å²) in [4.78, 5) is 18.5. The van der Waals surface area contributed by atoms with Gasteiger partial charge in [0.1, 0.15) is 0 Å². The molecule has 1 aliphatic rings. The highest BCUT2D eigenvalue weighted by Crippen LogP contribution is 2.16. The average Bonchev–Trinajstić information content (AvgIpc) is 2.86. The van der Waals surface area contributed by atoms with Gasteiger partial charge in [0, 0.05) is 37.2 Å². The molecule has 0 aromatic carbocycles. The third-order valence-electron chi connectivity index (χ3n) is 3.79. The van der Waals surface area contributed by atoms with Crippen LogP contribution in [0, 0.1) is 0 Å². The summed E-state index contributed by atoms with van der Waals surface area (Å²) in [7, 11) is 0. The van der Waals surface area contributed by atoms with Crippen LogP contribution in [0.3, 0.4) is 0 Å². The van der Waals surface area contributed by atoms with Crippen LogP contribution in [0.5, 0.6) is 0 Å². The van der Waals surface area contributed by atoms with E-state index in [-0.39, 0.29) is 11.9 Å². The third kappa shape index (κ3) is 4.90. The fourth-order valence-electron chi connectivity index (χ4n) is 2.34. The second kappa shape index (κ2) is 8.41. The molecule has 1 aliphatic heterocycles. The smallest absolute Gasteiger partial charge is 0.317 e. The molecule has 0 bridgehead atoms. The molecular weight excluding hydrogens is 300 g/mol. The highest BCUT2D eigenvalue weighted by atomic mass is 32.2. The minimum atomic E-state index is 0.0448. The molecule has 0 saturated carbocycles. The molecule has 124 valence electrons. The number of aromatic nitrogens is 2. The molecule has 1 atom stereocenters. The van der Waals surface area contributed by atoms with Gasteiger partial charge in [-0.2, -0.15) is 16.7 Å². The zero-order chi connectivity index (χ0) is 15.9. The molecule has 1 aromatic heterocycles. The van der Waals surface area contributed by atoms with Crippen LogP contribution in [-0.2, 0) is 6.42 Å². The molecule has 0 unspecified atom stereocenters. The predicted molar refractivity (Wildman–Crippen MR) is 88.2 cm³/mol. The van der Waals surface area contributed by atoms with Gasteiger partial charge in [-0.3, -0.25) is 0 Å². The van der Waals surface area contributed by atoms with Crippen molar-refractivity contribution >= 4 is 17.8 Å². The molecule has 6 nitrogen and oxygen atoms in total. The summed E-state index contributed by atoms with van der Waals surface area (Å²) in [6.45, 7) is 7.66. The van der Waals surface area contributed by atoms with Crippen LogP contribution >= 0.6 is 11.8 Å². The van der Waals surface area contributed by atoms with E-state index in [0.717, 1.165) is 36.7 Å². The number of hydrogen-bond donors (Lipinski definition) is 1. The molecule has 1 aromatic rings. The van der Waals surface area contributed by atoms with Crippen molar-refractivity contribution in [3.8, 4) is 0 Å². The van der Waals surface area contributed by atoms with E-state index in [9.17, 15) is 4.79 Å². The van der Waals surface area contributed by atoms with Crippen LogP contribution in [0.25, 0.3) is 0 Å². The Morgan fingerprint density at radius 2 is 2.32 bits per heavy atom. The van der Waals surface area contributed by atoms with Gasteiger partial charge in [-0.15, -0.1) is 0 Å². The molecule has 2 heterocycles. The van der Waals surface area contributed by atoms with Gasteiger partial charge in [0.2, 0.25) is 5.89 Å². The van der Waals surface area contributed by atoms with Gasteiger partial charge in [-0.1, -0.05) is 19.0 Å². The second-order valence-corrected chi connectivity index (χ2v) is 7.20. The first-order valence-corrected chi connectivity index (χ1v) is 9.18. The largest absolute Gasteiger partial charge is 0.339 e. The molecule has 2 rings (SSSR count). The highest BCUT2D eigenvalue weighted by Gasteiger charge is 2.21. The molecule has 7 heteroatoms. The lowest BCUT2D eigenvalue weighted by molar-refractivity contribution is 0.183. The minimum Gasteiger partial charge on any atom is -0.339 e. The lowest BCUT2D eigenvalue weighted by Crippen LogP contribution is -2.45. The van der Waals surface area contributed by atoms with Crippen LogP contribution < -0.4 is 5.32 Å². The van der Waals surface area contributed by atoms with Crippen LogP contribution in [0.2, 0.25) is 0 Å². The van der Waals surface area contributed by atoms with E-state index in [1.165, 1.54) is 0 Å². The molecule has 2 amide bonds. The number of amides is 2. The van der Waals surface area contributed by atoms with Crippen LogP contribution in [0.15, 0.2) is 4.52 Å². The SMILES string of the molecule is CC(C)c1noc(CCCNC(=O)N2CCSCC[C@@H]2C)n1. The topological polar surface area (TPSA) is 71.3 Å². The van der Waals surface area contributed by atoms with Crippen molar-refractivity contribution < 1.29 is 9.32 Å². The Kier molecular flexibility index (Phi) is 6.54. The number of rotatable bonds is 5. The minimum absolute atomic E-state index is 0.0448. The van der Waals surface area contributed by atoms with E-state index in [4.69, 9.17) is 4.52 Å². The van der Waals surface area contributed by atoms with Gasteiger partial charge in [-0.05, 0) is 25.5 Å². The van der Waals surface area contributed by atoms with Crippen molar-refractivity contribution in [2.24, 2.45) is 0 Å². The highest BCUT2D eigenvalue weighted by molar-refractivity contribution is 7.99. The van der Waals surface area contributed by atoms with E-state index < -0.39 is 0 Å². The van der Waals surface area contributed by atoms with E-state index in [1.807, 2.05) is 30.5 Å². The summed E-state index contributed by atoms with van der Waals surface area (Å²) in [6.07, 6.45) is 2.58. The molecule has 0 radical (unpaired) electrons. The summed E-state index contributed by atoms with van der Waals surface area (Å²) in [6, 6.07) is 0.364. The molecule has 1 saturated heterocycles. The maximum absolute atomic E-state index is 12.2. The Bertz CT molecular complexity index is 478. The lowest BCUT2D eigenvalue weighted by Gasteiger charge is -2.26. The Hall–Kier alpha value is -1.24. The zero-order valence-corrected chi connectivity index (χ0v) is 14.5. The first-order chi connectivity index (χ1) is 10.6. The van der Waals surface area contributed by atoms with Gasteiger partial charge < -0.3 is 14.7 Å². The predicted octanol–water partition coefficient (Wildman–Crippen LogP) is 2.66. The van der Waals surface area contributed by atoms with E-state index >= 15 is 0 Å². The summed E-state index contributed by atoms with van der Waals surface area (Å²) in [5.74, 6) is 3.84. The Morgan fingerprint density at radius 3 is 3.05 bits per heavy atom. The fraction of sp³-hybridized carbons (Fsp3) is 0.800. The van der Waals surface area contributed by atoms with Gasteiger partial charge in [-0.25, -0.2) is 4.79 Å². The Labute approximate surface area is 136 Å². The van der Waals surface area contributed by atoms with Crippen molar-refractivity contribution in [1.82, 2.24) is 20.4 Å². The quantitative estimate of drug-likeness (QED) is 0.842. The number of carbonyl (C=O) groups is 1. The van der Waals surface area contributed by atoms with E-state index in [2.05, 4.69) is 22.4 Å². The van der Waals surface area contributed by atoms with Crippen molar-refractivity contribution in [1.29, 1.82) is 0 Å². The van der Waals surface area contributed by atoms with Gasteiger partial charge >= 0.3 is 6.03 Å². The maximum Gasteiger partial charge on any atom is 0.317 e. The molecular formula is C15H26N4O2S. The number of aryl methyl sites for hydroxylation is 1. The van der Waals surface area contributed by atoms with Crippen molar-refractivity contribution in [2.75, 3.05) is 24.6 Å². The second-order valence-electron chi connectivity index (χ2n) is 5.98. The van der Waals surface area contributed by atoms with Crippen molar-refractivity contribution in [2.45, 2.75) is 52.0 Å². The average molecular weight is 326 g/mol.